The Bertz CT molecular complexity index is 1210. The first kappa shape index (κ1) is 25.6. The minimum Gasteiger partial charge on any atom is -0.460 e. The number of piperidine rings is 1. The van der Waals surface area contributed by atoms with Crippen molar-refractivity contribution in [3.05, 3.63) is 47.2 Å². The van der Waals surface area contributed by atoms with Crippen molar-refractivity contribution in [1.29, 1.82) is 0 Å². The quantitative estimate of drug-likeness (QED) is 0.452. The second-order valence-corrected chi connectivity index (χ2v) is 10.3. The van der Waals surface area contributed by atoms with Crippen LogP contribution in [0.25, 0.3) is 5.65 Å². The topological polar surface area (TPSA) is 106 Å². The van der Waals surface area contributed by atoms with Crippen molar-refractivity contribution in [3.63, 3.8) is 0 Å². The molecule has 1 unspecified atom stereocenters. The van der Waals surface area contributed by atoms with Gasteiger partial charge in [0.2, 0.25) is 5.95 Å². The van der Waals surface area contributed by atoms with Gasteiger partial charge < -0.3 is 25.0 Å². The van der Waals surface area contributed by atoms with Crippen molar-refractivity contribution in [2.24, 2.45) is 0 Å². The zero-order chi connectivity index (χ0) is 25.8. The molecule has 4 heterocycles. The third-order valence-electron chi connectivity index (χ3n) is 7.07. The molecule has 2 N–H and O–H groups in total. The number of hydrogen-bond acceptors (Lipinski definition) is 9. The standard InChI is InChI=1S/C27H37N7O3/c1-18(2)22-16-30-34-25(22)31-27(37-21-7-10-33(3)11-8-21)32-26(34)29-15-20-6-4-5-19(13-20)14-24(35)23-17-36-12-9-28-23/h4-6,13,16,18,21,23,28H,7-12,14-15,17H2,1-3H3,(H,29,31,32). The minimum atomic E-state index is -0.234. The Morgan fingerprint density at radius 1 is 1.24 bits per heavy atom. The molecule has 0 aliphatic carbocycles. The fourth-order valence-corrected chi connectivity index (χ4v) is 4.83. The fourth-order valence-electron chi connectivity index (χ4n) is 4.83. The van der Waals surface area contributed by atoms with Crippen LogP contribution in [0.4, 0.5) is 5.95 Å². The Labute approximate surface area is 217 Å². The highest BCUT2D eigenvalue weighted by atomic mass is 16.5. The van der Waals surface area contributed by atoms with Crippen LogP contribution in [0.3, 0.4) is 0 Å². The molecule has 1 aromatic carbocycles. The van der Waals surface area contributed by atoms with Crippen LogP contribution in [-0.2, 0) is 22.5 Å². The van der Waals surface area contributed by atoms with Gasteiger partial charge in [-0.1, -0.05) is 38.1 Å². The van der Waals surface area contributed by atoms with Gasteiger partial charge in [-0.15, -0.1) is 0 Å². The highest BCUT2D eigenvalue weighted by Crippen LogP contribution is 2.24. The average Bonchev–Trinajstić information content (AvgIpc) is 3.34. The van der Waals surface area contributed by atoms with Crippen LogP contribution in [0.1, 0.15) is 49.3 Å². The summed E-state index contributed by atoms with van der Waals surface area (Å²) in [6.45, 7) is 8.60. The van der Waals surface area contributed by atoms with E-state index in [1.54, 1.807) is 4.52 Å². The number of ketones is 1. The fraction of sp³-hybridized carbons (Fsp3) is 0.556. The van der Waals surface area contributed by atoms with Gasteiger partial charge in [0, 0.05) is 38.2 Å². The van der Waals surface area contributed by atoms with E-state index in [2.05, 4.69) is 47.6 Å². The zero-order valence-electron chi connectivity index (χ0n) is 21.9. The Morgan fingerprint density at radius 3 is 2.81 bits per heavy atom. The molecule has 2 saturated heterocycles. The summed E-state index contributed by atoms with van der Waals surface area (Å²) in [6, 6.07) is 8.23. The van der Waals surface area contributed by atoms with Crippen LogP contribution >= 0.6 is 0 Å². The molecule has 0 radical (unpaired) electrons. The molecule has 10 heteroatoms. The van der Waals surface area contributed by atoms with Gasteiger partial charge >= 0.3 is 6.01 Å². The number of benzene rings is 1. The van der Waals surface area contributed by atoms with Crippen molar-refractivity contribution in [2.45, 2.75) is 57.7 Å². The normalized spacial score (nSPS) is 19.4. The number of nitrogens with one attached hydrogen (secondary N) is 2. The van der Waals surface area contributed by atoms with E-state index >= 15 is 0 Å². The maximum absolute atomic E-state index is 12.7. The average molecular weight is 508 g/mol. The maximum atomic E-state index is 12.7. The van der Waals surface area contributed by atoms with Gasteiger partial charge in [-0.3, -0.25) is 4.79 Å². The van der Waals surface area contributed by atoms with E-state index in [0.717, 1.165) is 48.3 Å². The largest absolute Gasteiger partial charge is 0.460 e. The number of ether oxygens (including phenoxy) is 2. The summed E-state index contributed by atoms with van der Waals surface area (Å²) in [7, 11) is 2.13. The highest BCUT2D eigenvalue weighted by molar-refractivity contribution is 5.86. The van der Waals surface area contributed by atoms with Crippen molar-refractivity contribution >= 4 is 17.4 Å². The Balaban J connectivity index is 1.32. The van der Waals surface area contributed by atoms with Gasteiger partial charge in [0.05, 0.1) is 25.5 Å². The summed E-state index contributed by atoms with van der Waals surface area (Å²) >= 11 is 0. The van der Waals surface area contributed by atoms with Gasteiger partial charge in [-0.05, 0) is 36.9 Å². The van der Waals surface area contributed by atoms with Crippen LogP contribution in [-0.4, -0.2) is 82.3 Å². The monoisotopic (exact) mass is 507 g/mol. The highest BCUT2D eigenvalue weighted by Gasteiger charge is 2.23. The molecule has 2 aliphatic heterocycles. The lowest BCUT2D eigenvalue weighted by atomic mass is 10.0. The molecule has 0 saturated carbocycles. The number of anilines is 1. The molecule has 2 aromatic heterocycles. The van der Waals surface area contributed by atoms with Crippen molar-refractivity contribution < 1.29 is 14.3 Å². The van der Waals surface area contributed by atoms with Crippen LogP contribution in [0.5, 0.6) is 6.01 Å². The van der Waals surface area contributed by atoms with Crippen molar-refractivity contribution in [1.82, 2.24) is 29.8 Å². The lowest BCUT2D eigenvalue weighted by molar-refractivity contribution is -0.123. The van der Waals surface area contributed by atoms with E-state index in [9.17, 15) is 4.79 Å². The van der Waals surface area contributed by atoms with Gasteiger partial charge in [0.1, 0.15) is 6.10 Å². The van der Waals surface area contributed by atoms with Crippen molar-refractivity contribution in [2.75, 3.05) is 45.2 Å². The number of rotatable bonds is 9. The molecule has 2 fully saturated rings. The van der Waals surface area contributed by atoms with E-state index in [-0.39, 0.29) is 23.8 Å². The first-order valence-electron chi connectivity index (χ1n) is 13.2. The Kier molecular flexibility index (Phi) is 7.97. The number of carbonyl (C=O) groups is 1. The third kappa shape index (κ3) is 6.26. The van der Waals surface area contributed by atoms with E-state index in [4.69, 9.17) is 19.4 Å². The molecule has 10 nitrogen and oxygen atoms in total. The molecule has 37 heavy (non-hydrogen) atoms. The van der Waals surface area contributed by atoms with Crippen LogP contribution in [0, 0.1) is 0 Å². The van der Waals surface area contributed by atoms with Gasteiger partial charge in [-0.25, -0.2) is 0 Å². The number of likely N-dealkylation sites (tertiary alicyclic amines) is 1. The lowest BCUT2D eigenvalue weighted by Gasteiger charge is -2.28. The molecule has 0 spiro atoms. The summed E-state index contributed by atoms with van der Waals surface area (Å²) in [6.07, 6.45) is 4.25. The van der Waals surface area contributed by atoms with E-state index in [1.807, 2.05) is 24.4 Å². The predicted molar refractivity (Wildman–Crippen MR) is 141 cm³/mol. The third-order valence-corrected chi connectivity index (χ3v) is 7.07. The van der Waals surface area contributed by atoms with Crippen LogP contribution in [0.2, 0.25) is 0 Å². The Morgan fingerprint density at radius 2 is 2.05 bits per heavy atom. The predicted octanol–water partition coefficient (Wildman–Crippen LogP) is 2.43. The van der Waals surface area contributed by atoms with Crippen LogP contribution < -0.4 is 15.4 Å². The van der Waals surface area contributed by atoms with Gasteiger partial charge in [0.15, 0.2) is 11.4 Å². The molecular formula is C27H37N7O3. The molecule has 1 atom stereocenters. The maximum Gasteiger partial charge on any atom is 0.322 e. The number of carbonyl (C=O) groups excluding carboxylic acids is 1. The number of nitrogens with zero attached hydrogens (tertiary/aromatic N) is 5. The molecular weight excluding hydrogens is 470 g/mol. The van der Waals surface area contributed by atoms with Gasteiger partial charge in [-0.2, -0.15) is 19.6 Å². The molecule has 5 rings (SSSR count). The number of hydrogen-bond donors (Lipinski definition) is 2. The number of morpholine rings is 1. The first-order chi connectivity index (χ1) is 18.0. The SMILES string of the molecule is CC(C)c1cnn2c(NCc3cccc(CC(=O)C4COCCN4)c3)nc(OC3CCN(C)CC3)nc12. The van der Waals surface area contributed by atoms with E-state index in [0.29, 0.717) is 44.7 Å². The Hall–Kier alpha value is -3.08. The van der Waals surface area contributed by atoms with Gasteiger partial charge in [0.25, 0.3) is 0 Å². The summed E-state index contributed by atoms with van der Waals surface area (Å²) < 4.78 is 13.4. The van der Waals surface area contributed by atoms with Crippen molar-refractivity contribution in [3.8, 4) is 6.01 Å². The first-order valence-corrected chi connectivity index (χ1v) is 13.2. The molecule has 0 bridgehead atoms. The molecule has 3 aromatic rings. The second kappa shape index (κ2) is 11.5. The molecule has 2 aliphatic rings. The summed E-state index contributed by atoms with van der Waals surface area (Å²) in [5, 5.41) is 11.2. The van der Waals surface area contributed by atoms with E-state index < -0.39 is 0 Å². The second-order valence-electron chi connectivity index (χ2n) is 10.3. The zero-order valence-corrected chi connectivity index (χ0v) is 21.9. The minimum absolute atomic E-state index is 0.107. The summed E-state index contributed by atoms with van der Waals surface area (Å²) in [5.41, 5.74) is 3.85. The number of Topliss-reactive ketones (excluding diaryl/α,β-unsaturated/α-hetero) is 1. The van der Waals surface area contributed by atoms with E-state index in [1.165, 1.54) is 0 Å². The molecule has 198 valence electrons. The number of aromatic nitrogens is 4. The lowest BCUT2D eigenvalue weighted by Crippen LogP contribution is -2.47. The van der Waals surface area contributed by atoms with Crippen LogP contribution in [0.15, 0.2) is 30.5 Å². The number of fused-ring (bicyclic) bond motifs is 1. The summed E-state index contributed by atoms with van der Waals surface area (Å²) in [4.78, 5) is 24.4. The summed E-state index contributed by atoms with van der Waals surface area (Å²) in [5.74, 6) is 1.01. The molecule has 0 amide bonds. The smallest absolute Gasteiger partial charge is 0.322 e.